The van der Waals surface area contributed by atoms with E-state index in [0.717, 1.165) is 13.1 Å². The fourth-order valence-electron chi connectivity index (χ4n) is 2.68. The number of aliphatic imine (C=N–C) groups is 1. The van der Waals surface area contributed by atoms with Crippen LogP contribution in [0.5, 0.6) is 0 Å². The van der Waals surface area contributed by atoms with Crippen LogP contribution in [-0.2, 0) is 6.42 Å². The standard InChI is InChI=1S/C15H18N2/c1-11(15-16-8-9-17-15)13-7-6-12-4-2-3-5-14(12)10-13/h2-5,10-11H,6-9H2,1H3,(H,16,17)/t11-/m1/s1. The van der Waals surface area contributed by atoms with Gasteiger partial charge in [0.1, 0.15) is 5.84 Å². The molecule has 0 fully saturated rings. The molecule has 0 saturated carbocycles. The molecule has 1 aromatic carbocycles. The molecule has 2 heteroatoms. The van der Waals surface area contributed by atoms with E-state index < -0.39 is 0 Å². The van der Waals surface area contributed by atoms with Gasteiger partial charge in [-0.05, 0) is 24.0 Å². The number of nitrogens with zero attached hydrogens (tertiary/aromatic N) is 1. The summed E-state index contributed by atoms with van der Waals surface area (Å²) in [5.41, 5.74) is 4.38. The number of hydrogen-bond donors (Lipinski definition) is 1. The normalized spacial score (nSPS) is 20.1. The lowest BCUT2D eigenvalue weighted by molar-refractivity contribution is 0.781. The minimum atomic E-state index is 0.450. The van der Waals surface area contributed by atoms with Gasteiger partial charge in [0, 0.05) is 12.5 Å². The Morgan fingerprint density at radius 2 is 2.12 bits per heavy atom. The molecular formula is C15H18N2. The minimum absolute atomic E-state index is 0.450. The van der Waals surface area contributed by atoms with Crippen LogP contribution in [0.2, 0.25) is 0 Å². The smallest absolute Gasteiger partial charge is 0.103 e. The summed E-state index contributed by atoms with van der Waals surface area (Å²) < 4.78 is 0. The molecule has 1 heterocycles. The quantitative estimate of drug-likeness (QED) is 0.823. The molecule has 1 N–H and O–H groups in total. The number of benzene rings is 1. The monoisotopic (exact) mass is 226 g/mol. The van der Waals surface area contributed by atoms with Crippen LogP contribution in [0.25, 0.3) is 6.08 Å². The van der Waals surface area contributed by atoms with E-state index in [1.165, 1.54) is 35.4 Å². The Morgan fingerprint density at radius 1 is 1.24 bits per heavy atom. The van der Waals surface area contributed by atoms with Gasteiger partial charge in [-0.1, -0.05) is 42.8 Å². The molecule has 1 atom stereocenters. The molecule has 0 saturated heterocycles. The molecule has 0 aromatic heterocycles. The molecular weight excluding hydrogens is 208 g/mol. The summed E-state index contributed by atoms with van der Waals surface area (Å²) in [4.78, 5) is 4.53. The Labute approximate surface area is 102 Å². The highest BCUT2D eigenvalue weighted by molar-refractivity contribution is 5.89. The van der Waals surface area contributed by atoms with Crippen molar-refractivity contribution in [2.24, 2.45) is 10.9 Å². The SMILES string of the molecule is C[C@H](C1=Cc2ccccc2CC1)C1=NCCN1. The van der Waals surface area contributed by atoms with Crippen LogP contribution in [0.1, 0.15) is 24.5 Å². The predicted molar refractivity (Wildman–Crippen MR) is 72.2 cm³/mol. The average Bonchev–Trinajstić information content (AvgIpc) is 2.91. The highest BCUT2D eigenvalue weighted by Gasteiger charge is 2.20. The van der Waals surface area contributed by atoms with Gasteiger partial charge in [0.05, 0.1) is 6.54 Å². The summed E-state index contributed by atoms with van der Waals surface area (Å²) in [5.74, 6) is 1.63. The van der Waals surface area contributed by atoms with E-state index >= 15 is 0 Å². The van der Waals surface area contributed by atoms with Crippen LogP contribution in [0.15, 0.2) is 34.8 Å². The van der Waals surface area contributed by atoms with E-state index in [4.69, 9.17) is 0 Å². The Morgan fingerprint density at radius 3 is 2.94 bits per heavy atom. The number of hydrogen-bond acceptors (Lipinski definition) is 2. The largest absolute Gasteiger partial charge is 0.371 e. The molecule has 3 rings (SSSR count). The summed E-state index contributed by atoms with van der Waals surface area (Å²) in [6.45, 7) is 4.20. The minimum Gasteiger partial charge on any atom is -0.371 e. The maximum absolute atomic E-state index is 4.53. The van der Waals surface area contributed by atoms with E-state index in [-0.39, 0.29) is 0 Å². The number of rotatable bonds is 2. The van der Waals surface area contributed by atoms with E-state index in [1.807, 2.05) is 0 Å². The van der Waals surface area contributed by atoms with Gasteiger partial charge in [-0.15, -0.1) is 0 Å². The number of nitrogens with one attached hydrogen (secondary N) is 1. The third-order valence-corrected chi connectivity index (χ3v) is 3.75. The molecule has 17 heavy (non-hydrogen) atoms. The second-order valence-electron chi connectivity index (χ2n) is 4.83. The molecule has 0 unspecified atom stereocenters. The lowest BCUT2D eigenvalue weighted by Crippen LogP contribution is -2.27. The summed E-state index contributed by atoms with van der Waals surface area (Å²) in [6, 6.07) is 8.70. The van der Waals surface area contributed by atoms with Crippen LogP contribution in [0, 0.1) is 5.92 Å². The first-order valence-electron chi connectivity index (χ1n) is 6.41. The fourth-order valence-corrected chi connectivity index (χ4v) is 2.68. The van der Waals surface area contributed by atoms with Crippen LogP contribution < -0.4 is 5.32 Å². The number of aryl methyl sites for hydroxylation is 1. The number of amidine groups is 1. The maximum atomic E-state index is 4.53. The van der Waals surface area contributed by atoms with Gasteiger partial charge in [0.25, 0.3) is 0 Å². The van der Waals surface area contributed by atoms with Crippen molar-refractivity contribution in [3.05, 3.63) is 41.0 Å². The predicted octanol–water partition coefficient (Wildman–Crippen LogP) is 2.65. The summed E-state index contributed by atoms with van der Waals surface area (Å²) in [5, 5.41) is 3.39. The van der Waals surface area contributed by atoms with Crippen molar-refractivity contribution in [3.8, 4) is 0 Å². The average molecular weight is 226 g/mol. The van der Waals surface area contributed by atoms with E-state index in [1.54, 1.807) is 0 Å². The molecule has 1 aromatic rings. The highest BCUT2D eigenvalue weighted by Crippen LogP contribution is 2.28. The van der Waals surface area contributed by atoms with Crippen molar-refractivity contribution in [1.82, 2.24) is 5.32 Å². The molecule has 0 spiro atoms. The van der Waals surface area contributed by atoms with Crippen molar-refractivity contribution in [3.63, 3.8) is 0 Å². The van der Waals surface area contributed by atoms with E-state index in [2.05, 4.69) is 47.6 Å². The van der Waals surface area contributed by atoms with Crippen LogP contribution in [0.4, 0.5) is 0 Å². The fraction of sp³-hybridized carbons (Fsp3) is 0.400. The Kier molecular flexibility index (Phi) is 2.71. The molecule has 2 nitrogen and oxygen atoms in total. The molecule has 1 aliphatic carbocycles. The zero-order valence-electron chi connectivity index (χ0n) is 10.2. The van der Waals surface area contributed by atoms with Crippen LogP contribution in [0.3, 0.4) is 0 Å². The van der Waals surface area contributed by atoms with Crippen molar-refractivity contribution in [2.75, 3.05) is 13.1 Å². The molecule has 0 radical (unpaired) electrons. The maximum Gasteiger partial charge on any atom is 0.103 e. The molecule has 1 aliphatic heterocycles. The van der Waals surface area contributed by atoms with E-state index in [9.17, 15) is 0 Å². The lowest BCUT2D eigenvalue weighted by atomic mass is 9.86. The summed E-state index contributed by atoms with van der Waals surface area (Å²) in [7, 11) is 0. The Bertz CT molecular complexity index is 485. The highest BCUT2D eigenvalue weighted by atomic mass is 15.1. The molecule has 88 valence electrons. The van der Waals surface area contributed by atoms with Gasteiger partial charge in [-0.2, -0.15) is 0 Å². The lowest BCUT2D eigenvalue weighted by Gasteiger charge is -2.21. The van der Waals surface area contributed by atoms with Crippen LogP contribution in [-0.4, -0.2) is 18.9 Å². The molecule has 0 bridgehead atoms. The molecule has 2 aliphatic rings. The second-order valence-corrected chi connectivity index (χ2v) is 4.83. The van der Waals surface area contributed by atoms with Gasteiger partial charge < -0.3 is 5.32 Å². The first-order valence-corrected chi connectivity index (χ1v) is 6.41. The van der Waals surface area contributed by atoms with Gasteiger partial charge in [0.2, 0.25) is 0 Å². The van der Waals surface area contributed by atoms with Crippen molar-refractivity contribution in [2.45, 2.75) is 19.8 Å². The first-order chi connectivity index (χ1) is 8.34. The Hall–Kier alpha value is -1.57. The van der Waals surface area contributed by atoms with Gasteiger partial charge in [-0.3, -0.25) is 4.99 Å². The topological polar surface area (TPSA) is 24.4 Å². The van der Waals surface area contributed by atoms with Crippen LogP contribution >= 0.6 is 0 Å². The van der Waals surface area contributed by atoms with E-state index in [0.29, 0.717) is 5.92 Å². The Balaban J connectivity index is 1.88. The summed E-state index contributed by atoms with van der Waals surface area (Å²) in [6.07, 6.45) is 4.69. The van der Waals surface area contributed by atoms with Crippen molar-refractivity contribution >= 4 is 11.9 Å². The first kappa shape index (κ1) is 10.6. The second kappa shape index (κ2) is 4.36. The third-order valence-electron chi connectivity index (χ3n) is 3.75. The van der Waals surface area contributed by atoms with Gasteiger partial charge >= 0.3 is 0 Å². The number of fused-ring (bicyclic) bond motifs is 1. The molecule has 0 amide bonds. The zero-order valence-corrected chi connectivity index (χ0v) is 10.2. The van der Waals surface area contributed by atoms with Crippen molar-refractivity contribution in [1.29, 1.82) is 0 Å². The van der Waals surface area contributed by atoms with Gasteiger partial charge in [-0.25, -0.2) is 0 Å². The zero-order chi connectivity index (χ0) is 11.7. The summed E-state index contributed by atoms with van der Waals surface area (Å²) >= 11 is 0. The van der Waals surface area contributed by atoms with Crippen molar-refractivity contribution < 1.29 is 0 Å². The third kappa shape index (κ3) is 1.99. The van der Waals surface area contributed by atoms with Gasteiger partial charge in [0.15, 0.2) is 0 Å².